The molecule has 162 valence electrons. The normalized spacial score (nSPS) is 10.9. The minimum Gasteiger partial charge on any atom is -0.497 e. The molecule has 6 heteroatoms. The van der Waals surface area contributed by atoms with Crippen LogP contribution in [0.3, 0.4) is 0 Å². The smallest absolute Gasteiger partial charge is 0.246 e. The lowest BCUT2D eigenvalue weighted by molar-refractivity contribution is -0.125. The van der Waals surface area contributed by atoms with E-state index in [-0.39, 0.29) is 5.91 Å². The minimum atomic E-state index is -0.108. The lowest BCUT2D eigenvalue weighted by Crippen LogP contribution is -2.24. The molecule has 0 atom stereocenters. The number of carbonyl (C=O) groups is 1. The third-order valence-electron chi connectivity index (χ3n) is 5.01. The molecule has 0 aliphatic carbocycles. The molecule has 31 heavy (non-hydrogen) atoms. The van der Waals surface area contributed by atoms with E-state index in [4.69, 9.17) is 18.9 Å². The molecule has 0 bridgehead atoms. The Kier molecular flexibility index (Phi) is 7.03. The Morgan fingerprint density at radius 3 is 2.10 bits per heavy atom. The van der Waals surface area contributed by atoms with Crippen LogP contribution in [0.2, 0.25) is 0 Å². The highest BCUT2D eigenvalue weighted by Crippen LogP contribution is 2.38. The van der Waals surface area contributed by atoms with Gasteiger partial charge in [-0.05, 0) is 58.3 Å². The maximum Gasteiger partial charge on any atom is 0.246 e. The van der Waals surface area contributed by atoms with Gasteiger partial charge in [-0.1, -0.05) is 18.2 Å². The van der Waals surface area contributed by atoms with Crippen molar-refractivity contribution in [3.05, 3.63) is 65.7 Å². The molecule has 0 unspecified atom stereocenters. The average molecular weight is 421 g/mol. The molecule has 0 saturated carbocycles. The second-order valence-corrected chi connectivity index (χ2v) is 7.03. The first-order valence-corrected chi connectivity index (χ1v) is 9.79. The van der Waals surface area contributed by atoms with Gasteiger partial charge < -0.3 is 23.8 Å². The van der Waals surface area contributed by atoms with Crippen LogP contribution in [-0.2, 0) is 11.3 Å². The predicted molar refractivity (Wildman–Crippen MR) is 122 cm³/mol. The first-order valence-electron chi connectivity index (χ1n) is 9.79. The summed E-state index contributed by atoms with van der Waals surface area (Å²) in [5, 5.41) is 2.20. The summed E-state index contributed by atoms with van der Waals surface area (Å²) in [5.74, 6) is 2.30. The molecule has 0 radical (unpaired) electrons. The van der Waals surface area contributed by atoms with Crippen molar-refractivity contribution in [1.82, 2.24) is 4.90 Å². The number of fused-ring (bicyclic) bond motifs is 1. The number of methoxy groups -OCH3 is 4. The fourth-order valence-electron chi connectivity index (χ4n) is 3.34. The van der Waals surface area contributed by atoms with E-state index in [0.717, 1.165) is 27.6 Å². The number of benzene rings is 3. The number of hydrogen-bond donors (Lipinski definition) is 0. The van der Waals surface area contributed by atoms with Crippen LogP contribution in [-0.4, -0.2) is 46.3 Å². The van der Waals surface area contributed by atoms with Crippen LogP contribution in [0.15, 0.2) is 54.6 Å². The van der Waals surface area contributed by atoms with Crippen LogP contribution in [0, 0.1) is 0 Å². The van der Waals surface area contributed by atoms with Crippen molar-refractivity contribution in [1.29, 1.82) is 0 Å². The summed E-state index contributed by atoms with van der Waals surface area (Å²) < 4.78 is 21.3. The zero-order valence-corrected chi connectivity index (χ0v) is 18.5. The first kappa shape index (κ1) is 22.0. The fraction of sp³-hybridized carbons (Fsp3) is 0.240. The Hall–Kier alpha value is -3.67. The van der Waals surface area contributed by atoms with Gasteiger partial charge in [0.2, 0.25) is 11.7 Å². The summed E-state index contributed by atoms with van der Waals surface area (Å²) in [4.78, 5) is 14.3. The molecule has 0 aromatic heterocycles. The van der Waals surface area contributed by atoms with Gasteiger partial charge >= 0.3 is 0 Å². The molecule has 0 N–H and O–H groups in total. The molecule has 0 saturated heterocycles. The van der Waals surface area contributed by atoms with E-state index >= 15 is 0 Å². The third kappa shape index (κ3) is 5.09. The van der Waals surface area contributed by atoms with Crippen molar-refractivity contribution in [2.75, 3.05) is 35.5 Å². The number of carbonyl (C=O) groups excluding carboxylic acids is 1. The van der Waals surface area contributed by atoms with E-state index in [0.29, 0.717) is 23.8 Å². The summed E-state index contributed by atoms with van der Waals surface area (Å²) in [6.45, 7) is 0.500. The molecule has 3 aromatic carbocycles. The van der Waals surface area contributed by atoms with E-state index in [1.165, 1.54) is 6.08 Å². The van der Waals surface area contributed by atoms with E-state index in [1.807, 2.05) is 30.3 Å². The Labute approximate surface area is 182 Å². The molecule has 1 amide bonds. The van der Waals surface area contributed by atoms with Gasteiger partial charge in [-0.15, -0.1) is 0 Å². The Balaban J connectivity index is 1.73. The van der Waals surface area contributed by atoms with Gasteiger partial charge in [0.25, 0.3) is 0 Å². The second-order valence-electron chi connectivity index (χ2n) is 7.03. The molecule has 3 rings (SSSR count). The fourth-order valence-corrected chi connectivity index (χ4v) is 3.34. The topological polar surface area (TPSA) is 57.2 Å². The van der Waals surface area contributed by atoms with Crippen LogP contribution in [0.5, 0.6) is 23.0 Å². The second kappa shape index (κ2) is 9.89. The number of ether oxygens (including phenoxy) is 4. The zero-order valence-electron chi connectivity index (χ0n) is 18.5. The largest absolute Gasteiger partial charge is 0.497 e. The van der Waals surface area contributed by atoms with Gasteiger partial charge in [0.15, 0.2) is 11.5 Å². The summed E-state index contributed by atoms with van der Waals surface area (Å²) in [5.41, 5.74) is 1.82. The summed E-state index contributed by atoms with van der Waals surface area (Å²) >= 11 is 0. The molecular weight excluding hydrogens is 394 g/mol. The first-order chi connectivity index (χ1) is 15.0. The molecule has 0 aliphatic heterocycles. The highest BCUT2D eigenvalue weighted by Gasteiger charge is 2.13. The minimum absolute atomic E-state index is 0.108. The highest BCUT2D eigenvalue weighted by molar-refractivity contribution is 5.92. The summed E-state index contributed by atoms with van der Waals surface area (Å²) in [6, 6.07) is 15.7. The van der Waals surface area contributed by atoms with Gasteiger partial charge in [-0.2, -0.15) is 0 Å². The molecule has 3 aromatic rings. The molecule has 0 aliphatic rings. The third-order valence-corrected chi connectivity index (χ3v) is 5.01. The van der Waals surface area contributed by atoms with Crippen molar-refractivity contribution in [2.45, 2.75) is 6.54 Å². The van der Waals surface area contributed by atoms with Crippen LogP contribution in [0.25, 0.3) is 16.8 Å². The molecule has 6 nitrogen and oxygen atoms in total. The van der Waals surface area contributed by atoms with Crippen LogP contribution in [0.1, 0.15) is 11.1 Å². The van der Waals surface area contributed by atoms with E-state index in [2.05, 4.69) is 6.07 Å². The number of likely N-dealkylation sites (N-methyl/N-ethyl adjacent to an activating group) is 1. The SMILES string of the molecule is COc1ccc2cc(CN(C)C(=O)/C=C/c3cc(OC)c(OC)c(OC)c3)ccc2c1. The lowest BCUT2D eigenvalue weighted by atomic mass is 10.1. The Bertz CT molecular complexity index is 1080. The van der Waals surface area contributed by atoms with Gasteiger partial charge in [0.1, 0.15) is 5.75 Å². The molecule has 0 fully saturated rings. The maximum absolute atomic E-state index is 12.6. The quantitative estimate of drug-likeness (QED) is 0.500. The van der Waals surface area contributed by atoms with Gasteiger partial charge in [-0.3, -0.25) is 4.79 Å². The van der Waals surface area contributed by atoms with Crippen molar-refractivity contribution in [2.24, 2.45) is 0 Å². The molecule has 0 spiro atoms. The standard InChI is InChI=1S/C25H27NO5/c1-26(16-18-6-8-20-15-21(28-2)10-9-19(20)12-18)24(27)11-7-17-13-22(29-3)25(31-5)23(14-17)30-4/h6-15H,16H2,1-5H3/b11-7+. The number of amides is 1. The van der Waals surface area contributed by atoms with Crippen molar-refractivity contribution in [3.8, 4) is 23.0 Å². The zero-order chi connectivity index (χ0) is 22.4. The molecular formula is C25H27NO5. The lowest BCUT2D eigenvalue weighted by Gasteiger charge is -2.16. The van der Waals surface area contributed by atoms with E-state index < -0.39 is 0 Å². The molecule has 0 heterocycles. The highest BCUT2D eigenvalue weighted by atomic mass is 16.5. The van der Waals surface area contributed by atoms with Gasteiger partial charge in [0, 0.05) is 19.7 Å². The van der Waals surface area contributed by atoms with Crippen molar-refractivity contribution in [3.63, 3.8) is 0 Å². The Morgan fingerprint density at radius 2 is 1.48 bits per heavy atom. The van der Waals surface area contributed by atoms with Crippen LogP contribution < -0.4 is 18.9 Å². The van der Waals surface area contributed by atoms with Crippen LogP contribution >= 0.6 is 0 Å². The monoisotopic (exact) mass is 421 g/mol. The van der Waals surface area contributed by atoms with Crippen LogP contribution in [0.4, 0.5) is 0 Å². The van der Waals surface area contributed by atoms with Crippen molar-refractivity contribution >= 4 is 22.8 Å². The predicted octanol–water partition coefficient (Wildman–Crippen LogP) is 4.55. The summed E-state index contributed by atoms with van der Waals surface area (Å²) in [7, 11) is 8.10. The maximum atomic E-state index is 12.6. The van der Waals surface area contributed by atoms with E-state index in [9.17, 15) is 4.79 Å². The van der Waals surface area contributed by atoms with E-state index in [1.54, 1.807) is 58.6 Å². The van der Waals surface area contributed by atoms with Gasteiger partial charge in [-0.25, -0.2) is 0 Å². The van der Waals surface area contributed by atoms with Crippen molar-refractivity contribution < 1.29 is 23.7 Å². The number of hydrogen-bond acceptors (Lipinski definition) is 5. The number of rotatable bonds is 8. The van der Waals surface area contributed by atoms with Gasteiger partial charge in [0.05, 0.1) is 28.4 Å². The number of nitrogens with zero attached hydrogens (tertiary/aromatic N) is 1. The summed E-state index contributed by atoms with van der Waals surface area (Å²) in [6.07, 6.45) is 3.27. The average Bonchev–Trinajstić information content (AvgIpc) is 2.81. The Morgan fingerprint density at radius 1 is 0.839 bits per heavy atom.